The molecule has 66 valence electrons. The van der Waals surface area contributed by atoms with Crippen LogP contribution in [0.25, 0.3) is 0 Å². The van der Waals surface area contributed by atoms with Crippen molar-refractivity contribution in [2.75, 3.05) is 6.54 Å². The maximum absolute atomic E-state index is 11.3. The Balaban J connectivity index is 2.34. The molecule has 3 heteroatoms. The fourth-order valence-corrected chi connectivity index (χ4v) is 1.23. The van der Waals surface area contributed by atoms with Gasteiger partial charge in [-0.25, -0.2) is 0 Å². The van der Waals surface area contributed by atoms with E-state index in [1.807, 2.05) is 12.2 Å². The van der Waals surface area contributed by atoms with Crippen molar-refractivity contribution in [3.63, 3.8) is 0 Å². The van der Waals surface area contributed by atoms with Crippen LogP contribution in [0.15, 0.2) is 24.8 Å². The lowest BCUT2D eigenvalue weighted by atomic mass is 10.1. The van der Waals surface area contributed by atoms with E-state index in [-0.39, 0.29) is 17.9 Å². The lowest BCUT2D eigenvalue weighted by molar-refractivity contribution is -0.123. The van der Waals surface area contributed by atoms with E-state index in [0.29, 0.717) is 6.54 Å². The van der Waals surface area contributed by atoms with Gasteiger partial charge in [-0.15, -0.1) is 6.58 Å². The summed E-state index contributed by atoms with van der Waals surface area (Å²) in [6.45, 7) is 4.04. The van der Waals surface area contributed by atoms with Crippen molar-refractivity contribution in [2.24, 2.45) is 11.7 Å². The van der Waals surface area contributed by atoms with Crippen LogP contribution in [0.5, 0.6) is 0 Å². The lowest BCUT2D eigenvalue weighted by Crippen LogP contribution is -2.30. The maximum atomic E-state index is 11.3. The Morgan fingerprint density at radius 3 is 3.00 bits per heavy atom. The van der Waals surface area contributed by atoms with Crippen LogP contribution < -0.4 is 11.1 Å². The van der Waals surface area contributed by atoms with Gasteiger partial charge in [0, 0.05) is 12.6 Å². The molecular weight excluding hydrogens is 152 g/mol. The molecule has 1 aliphatic carbocycles. The van der Waals surface area contributed by atoms with E-state index < -0.39 is 0 Å². The van der Waals surface area contributed by atoms with Gasteiger partial charge in [0.1, 0.15) is 0 Å². The van der Waals surface area contributed by atoms with Crippen LogP contribution in [0.1, 0.15) is 6.42 Å². The molecule has 2 atom stereocenters. The summed E-state index contributed by atoms with van der Waals surface area (Å²) in [5.74, 6) is -0.000880. The Bertz CT molecular complexity index is 211. The summed E-state index contributed by atoms with van der Waals surface area (Å²) in [5.41, 5.74) is 5.60. The number of rotatable bonds is 3. The van der Waals surface area contributed by atoms with Crippen LogP contribution in [-0.2, 0) is 4.79 Å². The molecule has 0 saturated carbocycles. The first-order valence-corrected chi connectivity index (χ1v) is 4.06. The zero-order valence-electron chi connectivity index (χ0n) is 6.99. The second kappa shape index (κ2) is 4.07. The van der Waals surface area contributed by atoms with Crippen LogP contribution in [0.2, 0.25) is 0 Å². The topological polar surface area (TPSA) is 55.1 Å². The van der Waals surface area contributed by atoms with Gasteiger partial charge in [-0.2, -0.15) is 0 Å². The van der Waals surface area contributed by atoms with Crippen molar-refractivity contribution in [3.8, 4) is 0 Å². The molecule has 3 N–H and O–H groups in total. The number of nitrogens with one attached hydrogen (secondary N) is 1. The van der Waals surface area contributed by atoms with Gasteiger partial charge in [0.25, 0.3) is 0 Å². The number of carbonyl (C=O) groups excluding carboxylic acids is 1. The predicted molar refractivity (Wildman–Crippen MR) is 48.4 cm³/mol. The number of hydrogen-bond donors (Lipinski definition) is 2. The number of carbonyl (C=O) groups is 1. The highest BCUT2D eigenvalue weighted by molar-refractivity contribution is 5.81. The van der Waals surface area contributed by atoms with Crippen LogP contribution in [-0.4, -0.2) is 18.5 Å². The van der Waals surface area contributed by atoms with Crippen molar-refractivity contribution in [2.45, 2.75) is 12.5 Å². The predicted octanol–water partition coefficient (Wildman–Crippen LogP) is 0.192. The van der Waals surface area contributed by atoms with Gasteiger partial charge in [-0.3, -0.25) is 4.79 Å². The molecule has 2 unspecified atom stereocenters. The highest BCUT2D eigenvalue weighted by atomic mass is 16.1. The molecule has 0 aromatic heterocycles. The summed E-state index contributed by atoms with van der Waals surface area (Å²) in [5, 5.41) is 2.73. The summed E-state index contributed by atoms with van der Waals surface area (Å²) >= 11 is 0. The monoisotopic (exact) mass is 166 g/mol. The van der Waals surface area contributed by atoms with Gasteiger partial charge in [-0.05, 0) is 6.42 Å². The van der Waals surface area contributed by atoms with Crippen molar-refractivity contribution in [3.05, 3.63) is 24.8 Å². The average Bonchev–Trinajstić information content (AvgIpc) is 2.47. The van der Waals surface area contributed by atoms with Gasteiger partial charge in [-0.1, -0.05) is 18.2 Å². The largest absolute Gasteiger partial charge is 0.352 e. The quantitative estimate of drug-likeness (QED) is 0.588. The van der Waals surface area contributed by atoms with E-state index in [4.69, 9.17) is 5.73 Å². The smallest absolute Gasteiger partial charge is 0.227 e. The zero-order chi connectivity index (χ0) is 8.97. The second-order valence-corrected chi connectivity index (χ2v) is 2.92. The van der Waals surface area contributed by atoms with E-state index in [9.17, 15) is 4.79 Å². The Morgan fingerprint density at radius 1 is 1.75 bits per heavy atom. The van der Waals surface area contributed by atoms with E-state index >= 15 is 0 Å². The molecule has 0 aromatic carbocycles. The first kappa shape index (κ1) is 9.00. The highest BCUT2D eigenvalue weighted by Crippen LogP contribution is 2.15. The molecule has 1 aliphatic rings. The summed E-state index contributed by atoms with van der Waals surface area (Å²) in [4.78, 5) is 11.3. The number of nitrogens with two attached hydrogens (primary N) is 1. The minimum absolute atomic E-state index is 0.0408. The van der Waals surface area contributed by atoms with Crippen LogP contribution >= 0.6 is 0 Å². The number of hydrogen-bond acceptors (Lipinski definition) is 2. The minimum Gasteiger partial charge on any atom is -0.352 e. The fraction of sp³-hybridized carbons (Fsp3) is 0.444. The first-order chi connectivity index (χ1) is 5.74. The minimum atomic E-state index is -0.0417. The van der Waals surface area contributed by atoms with E-state index in [0.717, 1.165) is 6.42 Å². The molecule has 0 aliphatic heterocycles. The molecule has 0 aromatic rings. The second-order valence-electron chi connectivity index (χ2n) is 2.92. The Morgan fingerprint density at radius 2 is 2.50 bits per heavy atom. The number of amides is 1. The van der Waals surface area contributed by atoms with E-state index in [2.05, 4.69) is 11.9 Å². The third kappa shape index (κ3) is 2.20. The molecule has 3 nitrogen and oxygen atoms in total. The van der Waals surface area contributed by atoms with Crippen LogP contribution in [0.4, 0.5) is 0 Å². The van der Waals surface area contributed by atoms with Crippen molar-refractivity contribution in [1.82, 2.24) is 5.32 Å². The summed E-state index contributed by atoms with van der Waals surface area (Å²) in [6, 6.07) is 0.0458. The SMILES string of the molecule is C=CCNC(=O)C1C=CC(N)C1. The van der Waals surface area contributed by atoms with Gasteiger partial charge in [0.2, 0.25) is 5.91 Å². The molecule has 1 rings (SSSR count). The maximum Gasteiger partial charge on any atom is 0.227 e. The summed E-state index contributed by atoms with van der Waals surface area (Å²) in [7, 11) is 0. The zero-order valence-corrected chi connectivity index (χ0v) is 6.99. The molecule has 12 heavy (non-hydrogen) atoms. The lowest BCUT2D eigenvalue weighted by Gasteiger charge is -2.08. The van der Waals surface area contributed by atoms with Crippen molar-refractivity contribution >= 4 is 5.91 Å². The third-order valence-electron chi connectivity index (χ3n) is 1.87. The molecule has 0 radical (unpaired) electrons. The van der Waals surface area contributed by atoms with Crippen LogP contribution in [0.3, 0.4) is 0 Å². The van der Waals surface area contributed by atoms with Gasteiger partial charge >= 0.3 is 0 Å². The van der Waals surface area contributed by atoms with Gasteiger partial charge in [0.05, 0.1) is 5.92 Å². The molecular formula is C9H14N2O. The Kier molecular flexibility index (Phi) is 3.05. The molecule has 1 amide bonds. The van der Waals surface area contributed by atoms with Gasteiger partial charge < -0.3 is 11.1 Å². The summed E-state index contributed by atoms with van der Waals surface area (Å²) in [6.07, 6.45) is 6.13. The highest BCUT2D eigenvalue weighted by Gasteiger charge is 2.21. The molecule has 0 saturated heterocycles. The molecule has 0 bridgehead atoms. The van der Waals surface area contributed by atoms with Crippen molar-refractivity contribution in [1.29, 1.82) is 0 Å². The van der Waals surface area contributed by atoms with Crippen LogP contribution in [0, 0.1) is 5.92 Å². The third-order valence-corrected chi connectivity index (χ3v) is 1.87. The molecule has 0 fully saturated rings. The normalized spacial score (nSPS) is 27.1. The Labute approximate surface area is 72.3 Å². The Hall–Kier alpha value is -1.09. The standard InChI is InChI=1S/C9H14N2O/c1-2-5-11-9(12)7-3-4-8(10)6-7/h2-4,7-8H,1,5-6,10H2,(H,11,12). The van der Waals surface area contributed by atoms with Gasteiger partial charge in [0.15, 0.2) is 0 Å². The van der Waals surface area contributed by atoms with E-state index in [1.54, 1.807) is 6.08 Å². The molecule has 0 spiro atoms. The molecule has 0 heterocycles. The fourth-order valence-electron chi connectivity index (χ4n) is 1.23. The van der Waals surface area contributed by atoms with E-state index in [1.165, 1.54) is 0 Å². The summed E-state index contributed by atoms with van der Waals surface area (Å²) < 4.78 is 0. The first-order valence-electron chi connectivity index (χ1n) is 4.06. The van der Waals surface area contributed by atoms with Crippen molar-refractivity contribution < 1.29 is 4.79 Å². The average molecular weight is 166 g/mol.